The van der Waals surface area contributed by atoms with Crippen molar-refractivity contribution in [3.63, 3.8) is 0 Å². The van der Waals surface area contributed by atoms with Crippen molar-refractivity contribution in [1.29, 1.82) is 5.26 Å². The maximum absolute atomic E-state index is 9.17. The number of thiazole rings is 1. The van der Waals surface area contributed by atoms with Crippen LogP contribution in [0.1, 0.15) is 23.9 Å². The lowest BCUT2D eigenvalue weighted by molar-refractivity contribution is 0.297. The van der Waals surface area contributed by atoms with Crippen LogP contribution in [0.15, 0.2) is 35.8 Å². The van der Waals surface area contributed by atoms with Gasteiger partial charge in [-0.05, 0) is 24.1 Å². The minimum Gasteiger partial charge on any atom is -0.487 e. The summed E-state index contributed by atoms with van der Waals surface area (Å²) in [5.74, 6) is 0.759. The molecule has 3 aromatic rings. The van der Waals surface area contributed by atoms with Gasteiger partial charge in [-0.1, -0.05) is 24.3 Å². The number of aromatic nitrogens is 4. The minimum absolute atomic E-state index is 0.211. The molecule has 0 aliphatic rings. The average molecular weight is 311 g/mol. The fraction of sp³-hybridized carbons (Fsp3) is 0.200. The van der Waals surface area contributed by atoms with E-state index in [-0.39, 0.29) is 12.3 Å². The molecule has 0 aliphatic carbocycles. The summed E-state index contributed by atoms with van der Waals surface area (Å²) < 4.78 is 7.35. The Hall–Kier alpha value is -2.72. The van der Waals surface area contributed by atoms with Gasteiger partial charge >= 0.3 is 0 Å². The van der Waals surface area contributed by atoms with Gasteiger partial charge in [-0.25, -0.2) is 4.98 Å². The monoisotopic (exact) mass is 311 g/mol. The normalized spacial score (nSPS) is 10.4. The zero-order valence-electron chi connectivity index (χ0n) is 11.9. The molecule has 22 heavy (non-hydrogen) atoms. The van der Waals surface area contributed by atoms with Crippen molar-refractivity contribution in [2.45, 2.75) is 20.0 Å². The second-order valence-electron chi connectivity index (χ2n) is 4.51. The second-order valence-corrected chi connectivity index (χ2v) is 5.39. The van der Waals surface area contributed by atoms with Crippen molar-refractivity contribution in [2.24, 2.45) is 0 Å². The van der Waals surface area contributed by atoms with E-state index in [2.05, 4.69) is 28.3 Å². The summed E-state index contributed by atoms with van der Waals surface area (Å²) in [7, 11) is 0. The fourth-order valence-corrected chi connectivity index (χ4v) is 2.61. The molecule has 0 unspecified atom stereocenters. The second kappa shape index (κ2) is 6.37. The first-order valence-corrected chi connectivity index (χ1v) is 7.66. The first kappa shape index (κ1) is 14.2. The van der Waals surface area contributed by atoms with Crippen LogP contribution in [-0.4, -0.2) is 20.0 Å². The van der Waals surface area contributed by atoms with Gasteiger partial charge in [0.05, 0.1) is 0 Å². The predicted molar refractivity (Wildman–Crippen MR) is 81.9 cm³/mol. The SMILES string of the molecule is CCc1cccc(OCc2c(C#N)nnn2-c2nccs2)c1. The van der Waals surface area contributed by atoms with Crippen molar-refractivity contribution in [1.82, 2.24) is 20.0 Å². The van der Waals surface area contributed by atoms with Crippen LogP contribution < -0.4 is 4.74 Å². The maximum atomic E-state index is 9.17. The molecule has 0 aliphatic heterocycles. The molecule has 3 rings (SSSR count). The van der Waals surface area contributed by atoms with Crippen LogP contribution in [0.25, 0.3) is 5.13 Å². The van der Waals surface area contributed by atoms with Gasteiger partial charge < -0.3 is 4.74 Å². The lowest BCUT2D eigenvalue weighted by Crippen LogP contribution is -2.06. The quantitative estimate of drug-likeness (QED) is 0.724. The Morgan fingerprint density at radius 1 is 1.41 bits per heavy atom. The van der Waals surface area contributed by atoms with E-state index in [0.29, 0.717) is 10.8 Å². The number of rotatable bonds is 5. The zero-order valence-corrected chi connectivity index (χ0v) is 12.7. The Kier molecular flexibility index (Phi) is 4.12. The van der Waals surface area contributed by atoms with E-state index >= 15 is 0 Å². The van der Waals surface area contributed by atoms with Crippen molar-refractivity contribution in [3.05, 3.63) is 52.8 Å². The van der Waals surface area contributed by atoms with Crippen LogP contribution in [0.3, 0.4) is 0 Å². The molecule has 0 saturated carbocycles. The van der Waals surface area contributed by atoms with Gasteiger partial charge in [-0.15, -0.1) is 16.4 Å². The maximum Gasteiger partial charge on any atom is 0.212 e. The van der Waals surface area contributed by atoms with Crippen molar-refractivity contribution in [2.75, 3.05) is 0 Å². The topological polar surface area (TPSA) is 76.6 Å². The van der Waals surface area contributed by atoms with Crippen molar-refractivity contribution < 1.29 is 4.74 Å². The van der Waals surface area contributed by atoms with Crippen molar-refractivity contribution >= 4 is 11.3 Å². The van der Waals surface area contributed by atoms with E-state index in [0.717, 1.165) is 12.2 Å². The number of hydrogen-bond acceptors (Lipinski definition) is 6. The molecule has 0 saturated heterocycles. The first-order valence-electron chi connectivity index (χ1n) is 6.78. The summed E-state index contributed by atoms with van der Waals surface area (Å²) in [4.78, 5) is 4.19. The van der Waals surface area contributed by atoms with Gasteiger partial charge in [-0.2, -0.15) is 9.94 Å². The van der Waals surface area contributed by atoms with Gasteiger partial charge in [0.2, 0.25) is 5.13 Å². The van der Waals surface area contributed by atoms with E-state index in [4.69, 9.17) is 4.74 Å². The summed E-state index contributed by atoms with van der Waals surface area (Å²) in [5.41, 5.74) is 2.05. The molecule has 2 heterocycles. The summed E-state index contributed by atoms with van der Waals surface area (Å²) in [6, 6.07) is 9.93. The molecule has 0 atom stereocenters. The lowest BCUT2D eigenvalue weighted by atomic mass is 10.2. The van der Waals surface area contributed by atoms with E-state index in [1.54, 1.807) is 10.9 Å². The van der Waals surface area contributed by atoms with E-state index in [9.17, 15) is 5.26 Å². The smallest absolute Gasteiger partial charge is 0.212 e. The van der Waals surface area contributed by atoms with Crippen molar-refractivity contribution in [3.8, 4) is 17.0 Å². The van der Waals surface area contributed by atoms with Crippen LogP contribution in [-0.2, 0) is 13.0 Å². The number of hydrogen-bond donors (Lipinski definition) is 0. The molecule has 0 N–H and O–H groups in total. The van der Waals surface area contributed by atoms with Gasteiger partial charge in [0.25, 0.3) is 0 Å². The summed E-state index contributed by atoms with van der Waals surface area (Å²) in [5, 5.41) is 19.5. The Bertz CT molecular complexity index is 804. The Morgan fingerprint density at radius 3 is 3.05 bits per heavy atom. The van der Waals surface area contributed by atoms with E-state index in [1.165, 1.54) is 16.9 Å². The zero-order chi connectivity index (χ0) is 15.4. The lowest BCUT2D eigenvalue weighted by Gasteiger charge is -2.08. The number of benzene rings is 1. The summed E-state index contributed by atoms with van der Waals surface area (Å²) in [6.45, 7) is 2.30. The highest BCUT2D eigenvalue weighted by Crippen LogP contribution is 2.19. The first-order chi connectivity index (χ1) is 10.8. The molecular weight excluding hydrogens is 298 g/mol. The van der Waals surface area contributed by atoms with Gasteiger partial charge in [0.1, 0.15) is 24.1 Å². The Labute approximate surface area is 131 Å². The molecule has 7 heteroatoms. The average Bonchev–Trinajstić information content (AvgIpc) is 3.21. The summed E-state index contributed by atoms with van der Waals surface area (Å²) in [6.07, 6.45) is 2.63. The largest absolute Gasteiger partial charge is 0.487 e. The van der Waals surface area contributed by atoms with Crippen LogP contribution in [0.5, 0.6) is 5.75 Å². The highest BCUT2D eigenvalue weighted by Gasteiger charge is 2.16. The third-order valence-electron chi connectivity index (χ3n) is 3.15. The standard InChI is InChI=1S/C15H13N5OS/c1-2-11-4-3-5-12(8-11)21-10-14-13(9-16)18-19-20(14)15-17-6-7-22-15/h3-8H,2,10H2,1H3. The van der Waals surface area contributed by atoms with Crippen LogP contribution in [0.4, 0.5) is 0 Å². The molecule has 0 amide bonds. The number of ether oxygens (including phenoxy) is 1. The molecule has 0 fully saturated rings. The molecule has 0 bridgehead atoms. The van der Waals surface area contributed by atoms with Crippen LogP contribution >= 0.6 is 11.3 Å². The third-order valence-corrected chi connectivity index (χ3v) is 3.90. The molecule has 0 spiro atoms. The molecule has 0 radical (unpaired) electrons. The highest BCUT2D eigenvalue weighted by molar-refractivity contribution is 7.12. The summed E-state index contributed by atoms with van der Waals surface area (Å²) >= 11 is 1.43. The molecule has 6 nitrogen and oxygen atoms in total. The highest BCUT2D eigenvalue weighted by atomic mass is 32.1. The number of nitriles is 1. The third kappa shape index (κ3) is 2.82. The van der Waals surface area contributed by atoms with Gasteiger partial charge in [0, 0.05) is 11.6 Å². The van der Waals surface area contributed by atoms with E-state index in [1.807, 2.05) is 29.6 Å². The predicted octanol–water partition coefficient (Wildman–Crippen LogP) is 2.74. The van der Waals surface area contributed by atoms with Gasteiger partial charge in [-0.3, -0.25) is 0 Å². The molecule has 110 valence electrons. The number of nitrogens with zero attached hydrogens (tertiary/aromatic N) is 5. The Morgan fingerprint density at radius 2 is 2.32 bits per heavy atom. The fourth-order valence-electron chi connectivity index (χ4n) is 2.00. The molecular formula is C15H13N5OS. The van der Waals surface area contributed by atoms with Crippen LogP contribution in [0, 0.1) is 11.3 Å². The minimum atomic E-state index is 0.211. The van der Waals surface area contributed by atoms with Crippen LogP contribution in [0.2, 0.25) is 0 Å². The number of aryl methyl sites for hydroxylation is 1. The Balaban J connectivity index is 1.85. The van der Waals surface area contributed by atoms with Gasteiger partial charge in [0.15, 0.2) is 5.69 Å². The molecule has 1 aromatic carbocycles. The van der Waals surface area contributed by atoms with E-state index < -0.39 is 0 Å². The molecule has 2 aromatic heterocycles.